The fraction of sp³-hybridized carbons (Fsp3) is 0.429. The number of imidazole rings is 1. The Bertz CT molecular complexity index is 271. The predicted molar refractivity (Wildman–Crippen MR) is 40.2 cm³/mol. The standard InChI is InChI=1S/C7H10N2O3/c1-9-3-2-8-7(9)6(12)5(11)4-10/h2-6,11-12H,1H3/t5-,6+/m0/s1. The molecule has 66 valence electrons. The van der Waals surface area contributed by atoms with E-state index in [1.165, 1.54) is 10.8 Å². The Hall–Kier alpha value is -1.20. The predicted octanol–water partition coefficient (Wildman–Crippen LogP) is -0.987. The zero-order valence-electron chi connectivity index (χ0n) is 6.58. The molecule has 2 N–H and O–H groups in total. The summed E-state index contributed by atoms with van der Waals surface area (Å²) in [7, 11) is 1.67. The third-order valence-corrected chi connectivity index (χ3v) is 1.59. The quantitative estimate of drug-likeness (QED) is 0.571. The maximum Gasteiger partial charge on any atom is 0.151 e. The molecule has 0 bridgehead atoms. The normalized spacial score (nSPS) is 15.6. The smallest absolute Gasteiger partial charge is 0.151 e. The van der Waals surface area contributed by atoms with Crippen molar-refractivity contribution in [1.82, 2.24) is 9.55 Å². The van der Waals surface area contributed by atoms with E-state index in [9.17, 15) is 9.90 Å². The number of carbonyl (C=O) groups is 1. The van der Waals surface area contributed by atoms with Gasteiger partial charge in [-0.05, 0) is 0 Å². The zero-order valence-corrected chi connectivity index (χ0v) is 6.58. The minimum atomic E-state index is -1.41. The number of aliphatic hydroxyl groups excluding tert-OH is 2. The molecule has 0 fully saturated rings. The van der Waals surface area contributed by atoms with Crippen LogP contribution in [0.2, 0.25) is 0 Å². The largest absolute Gasteiger partial charge is 0.382 e. The van der Waals surface area contributed by atoms with E-state index in [4.69, 9.17) is 5.11 Å². The number of nitrogens with zero attached hydrogens (tertiary/aromatic N) is 2. The summed E-state index contributed by atoms with van der Waals surface area (Å²) in [5.74, 6) is 0.273. The molecule has 0 aliphatic rings. The van der Waals surface area contributed by atoms with Gasteiger partial charge in [0.15, 0.2) is 6.29 Å². The minimum absolute atomic E-state index is 0.273. The summed E-state index contributed by atoms with van der Waals surface area (Å²) in [5.41, 5.74) is 0. The van der Waals surface area contributed by atoms with Gasteiger partial charge in [0.05, 0.1) is 0 Å². The monoisotopic (exact) mass is 170 g/mol. The van der Waals surface area contributed by atoms with Crippen LogP contribution in [0.4, 0.5) is 0 Å². The zero-order chi connectivity index (χ0) is 9.14. The van der Waals surface area contributed by atoms with Gasteiger partial charge in [0.25, 0.3) is 0 Å². The van der Waals surface area contributed by atoms with Gasteiger partial charge < -0.3 is 19.6 Å². The van der Waals surface area contributed by atoms with Gasteiger partial charge in [0.2, 0.25) is 0 Å². The molecule has 0 aromatic carbocycles. The second-order valence-electron chi connectivity index (χ2n) is 2.47. The molecule has 12 heavy (non-hydrogen) atoms. The van der Waals surface area contributed by atoms with Crippen molar-refractivity contribution >= 4 is 6.29 Å². The van der Waals surface area contributed by atoms with Gasteiger partial charge in [-0.15, -0.1) is 0 Å². The van der Waals surface area contributed by atoms with E-state index >= 15 is 0 Å². The van der Waals surface area contributed by atoms with Crippen LogP contribution >= 0.6 is 0 Å². The summed E-state index contributed by atoms with van der Waals surface area (Å²) < 4.78 is 1.54. The maximum atomic E-state index is 10.1. The Labute approximate surface area is 69.3 Å². The Balaban J connectivity index is 2.84. The van der Waals surface area contributed by atoms with E-state index in [0.717, 1.165) is 0 Å². The lowest BCUT2D eigenvalue weighted by Gasteiger charge is -2.11. The molecule has 0 spiro atoms. The maximum absolute atomic E-state index is 10.1. The highest BCUT2D eigenvalue weighted by Crippen LogP contribution is 2.12. The fourth-order valence-electron chi connectivity index (χ4n) is 0.889. The van der Waals surface area contributed by atoms with Crippen LogP contribution in [0.25, 0.3) is 0 Å². The van der Waals surface area contributed by atoms with Gasteiger partial charge >= 0.3 is 0 Å². The summed E-state index contributed by atoms with van der Waals surface area (Å²) >= 11 is 0. The highest BCUT2D eigenvalue weighted by molar-refractivity contribution is 5.56. The Morgan fingerprint density at radius 3 is 2.75 bits per heavy atom. The number of carbonyl (C=O) groups excluding carboxylic acids is 1. The molecule has 0 aliphatic carbocycles. The number of hydrogen-bond acceptors (Lipinski definition) is 4. The van der Waals surface area contributed by atoms with Crippen LogP contribution in [0.15, 0.2) is 12.4 Å². The van der Waals surface area contributed by atoms with Gasteiger partial charge in [-0.3, -0.25) is 0 Å². The van der Waals surface area contributed by atoms with E-state index in [1.807, 2.05) is 0 Å². The topological polar surface area (TPSA) is 75.3 Å². The first-order chi connectivity index (χ1) is 5.66. The van der Waals surface area contributed by atoms with Crippen molar-refractivity contribution in [2.24, 2.45) is 7.05 Å². The first-order valence-corrected chi connectivity index (χ1v) is 3.45. The van der Waals surface area contributed by atoms with E-state index in [2.05, 4.69) is 4.98 Å². The molecule has 1 aromatic heterocycles. The molecular formula is C7H10N2O3. The van der Waals surface area contributed by atoms with Crippen molar-refractivity contribution in [3.63, 3.8) is 0 Å². The molecule has 1 rings (SSSR count). The molecule has 0 unspecified atom stereocenters. The van der Waals surface area contributed by atoms with E-state index < -0.39 is 12.2 Å². The highest BCUT2D eigenvalue weighted by atomic mass is 16.3. The number of aryl methyl sites for hydroxylation is 1. The van der Waals surface area contributed by atoms with Crippen LogP contribution in [-0.2, 0) is 11.8 Å². The number of aldehydes is 1. The fourth-order valence-corrected chi connectivity index (χ4v) is 0.889. The van der Waals surface area contributed by atoms with Crippen molar-refractivity contribution in [3.8, 4) is 0 Å². The molecule has 1 heterocycles. The van der Waals surface area contributed by atoms with Crippen LogP contribution < -0.4 is 0 Å². The summed E-state index contributed by atoms with van der Waals surface area (Å²) in [5, 5.41) is 18.2. The third kappa shape index (κ3) is 1.51. The van der Waals surface area contributed by atoms with Crippen LogP contribution in [-0.4, -0.2) is 32.2 Å². The van der Waals surface area contributed by atoms with Gasteiger partial charge in [0.1, 0.15) is 18.0 Å². The molecule has 0 aliphatic heterocycles. The molecule has 5 heteroatoms. The van der Waals surface area contributed by atoms with E-state index in [0.29, 0.717) is 0 Å². The van der Waals surface area contributed by atoms with Gasteiger partial charge in [-0.25, -0.2) is 4.98 Å². The summed E-state index contributed by atoms with van der Waals surface area (Å²) in [4.78, 5) is 13.9. The molecule has 5 nitrogen and oxygen atoms in total. The molecule has 1 aromatic rings. The lowest BCUT2D eigenvalue weighted by Crippen LogP contribution is -2.22. The van der Waals surface area contributed by atoms with Crippen molar-refractivity contribution in [1.29, 1.82) is 0 Å². The summed E-state index contributed by atoms with van der Waals surface area (Å²) in [6.45, 7) is 0. The van der Waals surface area contributed by atoms with Crippen molar-refractivity contribution in [2.75, 3.05) is 0 Å². The Kier molecular flexibility index (Phi) is 2.57. The molecular weight excluding hydrogens is 160 g/mol. The van der Waals surface area contributed by atoms with Crippen molar-refractivity contribution in [3.05, 3.63) is 18.2 Å². The lowest BCUT2D eigenvalue weighted by atomic mass is 10.2. The minimum Gasteiger partial charge on any atom is -0.382 e. The number of aromatic nitrogens is 2. The van der Waals surface area contributed by atoms with Crippen molar-refractivity contribution < 1.29 is 15.0 Å². The van der Waals surface area contributed by atoms with Crippen LogP contribution in [0.5, 0.6) is 0 Å². The molecule has 2 atom stereocenters. The number of hydrogen-bond donors (Lipinski definition) is 2. The molecule has 0 saturated heterocycles. The third-order valence-electron chi connectivity index (χ3n) is 1.59. The van der Waals surface area contributed by atoms with E-state index in [1.54, 1.807) is 13.2 Å². The highest BCUT2D eigenvalue weighted by Gasteiger charge is 2.20. The van der Waals surface area contributed by atoms with Gasteiger partial charge in [-0.1, -0.05) is 0 Å². The Morgan fingerprint density at radius 2 is 2.33 bits per heavy atom. The van der Waals surface area contributed by atoms with Crippen LogP contribution in [0.3, 0.4) is 0 Å². The second-order valence-corrected chi connectivity index (χ2v) is 2.47. The van der Waals surface area contributed by atoms with Crippen LogP contribution in [0, 0.1) is 0 Å². The Morgan fingerprint density at radius 1 is 1.67 bits per heavy atom. The first-order valence-electron chi connectivity index (χ1n) is 3.45. The average Bonchev–Trinajstić information content (AvgIpc) is 2.48. The lowest BCUT2D eigenvalue weighted by molar-refractivity contribution is -0.120. The van der Waals surface area contributed by atoms with E-state index in [-0.39, 0.29) is 12.1 Å². The molecule has 0 radical (unpaired) electrons. The van der Waals surface area contributed by atoms with Gasteiger partial charge in [0, 0.05) is 19.4 Å². The molecule has 0 amide bonds. The van der Waals surface area contributed by atoms with Crippen LogP contribution in [0.1, 0.15) is 11.9 Å². The first kappa shape index (κ1) is 8.89. The van der Waals surface area contributed by atoms with Gasteiger partial charge in [-0.2, -0.15) is 0 Å². The summed E-state index contributed by atoms with van der Waals surface area (Å²) in [6, 6.07) is 0. The summed E-state index contributed by atoms with van der Waals surface area (Å²) in [6.07, 6.45) is 0.722. The number of aliphatic hydroxyl groups is 2. The van der Waals surface area contributed by atoms with Crippen molar-refractivity contribution in [2.45, 2.75) is 12.2 Å². The average molecular weight is 170 g/mol. The molecule has 0 saturated carbocycles. The SMILES string of the molecule is Cn1ccnc1[C@H](O)[C@@H](O)C=O. The number of rotatable bonds is 3. The second kappa shape index (κ2) is 3.46.